The highest BCUT2D eigenvalue weighted by Crippen LogP contribution is 2.55. The first kappa shape index (κ1) is 27.8. The molecule has 2 unspecified atom stereocenters. The summed E-state index contributed by atoms with van der Waals surface area (Å²) in [7, 11) is 1.67. The van der Waals surface area contributed by atoms with E-state index in [0.717, 1.165) is 42.8 Å². The zero-order valence-electron chi connectivity index (χ0n) is 23.2. The fourth-order valence-electron chi connectivity index (χ4n) is 6.40. The van der Waals surface area contributed by atoms with Crippen LogP contribution in [0.2, 0.25) is 5.02 Å². The average Bonchev–Trinajstić information content (AvgIpc) is 2.83. The largest absolute Gasteiger partial charge is 0.497 e. The Balaban J connectivity index is 1.71. The molecule has 1 aliphatic heterocycles. The number of nitrogens with zero attached hydrogens (tertiary/aromatic N) is 1. The van der Waals surface area contributed by atoms with Crippen LogP contribution in [0.4, 0.5) is 0 Å². The predicted octanol–water partition coefficient (Wildman–Crippen LogP) is 7.41. The lowest BCUT2D eigenvalue weighted by Gasteiger charge is -2.52. The first-order chi connectivity index (χ1) is 17.5. The minimum absolute atomic E-state index is 0.00955. The molecule has 0 spiro atoms. The summed E-state index contributed by atoms with van der Waals surface area (Å²) in [5.41, 5.74) is 1.87. The first-order valence-corrected chi connectivity index (χ1v) is 14.2. The fourth-order valence-corrected chi connectivity index (χ4v) is 6.53. The Morgan fingerprint density at radius 3 is 2.30 bits per heavy atom. The van der Waals surface area contributed by atoms with E-state index in [0.29, 0.717) is 36.0 Å². The molecule has 2 atom stereocenters. The number of likely N-dealkylation sites (tertiary alicyclic amines) is 1. The highest BCUT2D eigenvalue weighted by Gasteiger charge is 2.50. The molecule has 1 aromatic carbocycles. The molecule has 2 aliphatic carbocycles. The summed E-state index contributed by atoms with van der Waals surface area (Å²) < 4.78 is 11.9. The highest BCUT2D eigenvalue weighted by atomic mass is 35.5. The second-order valence-electron chi connectivity index (χ2n) is 12.0. The number of hydrogen-bond acceptors (Lipinski definition) is 4. The maximum absolute atomic E-state index is 13.9. The van der Waals surface area contributed by atoms with Crippen LogP contribution >= 0.6 is 11.6 Å². The van der Waals surface area contributed by atoms with Gasteiger partial charge >= 0.3 is 0 Å². The number of methoxy groups -OCH3 is 1. The Labute approximate surface area is 227 Å². The Morgan fingerprint density at radius 1 is 1.08 bits per heavy atom. The van der Waals surface area contributed by atoms with Crippen LogP contribution in [0.25, 0.3) is 0 Å². The Kier molecular flexibility index (Phi) is 8.42. The molecule has 5 nitrogen and oxygen atoms in total. The molecule has 3 aliphatic rings. The number of benzene rings is 1. The summed E-state index contributed by atoms with van der Waals surface area (Å²) in [5, 5.41) is 0.674. The summed E-state index contributed by atoms with van der Waals surface area (Å²) in [6.07, 6.45) is 7.22. The number of Topliss-reactive ketones (excluding diaryl/α,β-unsaturated/α-hetero) is 1. The van der Waals surface area contributed by atoms with E-state index in [1.807, 2.05) is 38.1 Å². The second-order valence-corrected chi connectivity index (χ2v) is 12.4. The summed E-state index contributed by atoms with van der Waals surface area (Å²) in [4.78, 5) is 28.8. The molecule has 1 aromatic rings. The molecule has 0 radical (unpaired) electrons. The Morgan fingerprint density at radius 2 is 1.73 bits per heavy atom. The number of hydrogen-bond donors (Lipinski definition) is 0. The van der Waals surface area contributed by atoms with Crippen molar-refractivity contribution >= 4 is 23.3 Å². The van der Waals surface area contributed by atoms with Crippen molar-refractivity contribution < 1.29 is 19.1 Å². The van der Waals surface area contributed by atoms with E-state index in [9.17, 15) is 9.59 Å². The maximum Gasteiger partial charge on any atom is 0.224 e. The standard InChI is InChI=1S/C31H42ClNO4/c1-19(2)15-26(34)21-9-13-24(14-10-21)33-29(35)18-31(5)17-28(36-6)27(37-20(3)4)16-25(31)30(33)22-7-11-23(32)12-8-22/h7-8,11-12,16,19-21,24,30H,9-10,13-15,17-18H2,1-6H3. The number of ketones is 1. The van der Waals surface area contributed by atoms with E-state index in [4.69, 9.17) is 21.1 Å². The van der Waals surface area contributed by atoms with Crippen LogP contribution < -0.4 is 0 Å². The SMILES string of the molecule is COC1=C(OC(C)C)C=C2C(c3ccc(Cl)cc3)N(C3CCC(C(=O)CC(C)C)CC3)C(=O)CC2(C)C1. The molecule has 6 heteroatoms. The molecule has 2 fully saturated rings. The van der Waals surface area contributed by atoms with E-state index in [1.54, 1.807) is 7.11 Å². The molecule has 202 valence electrons. The number of halogens is 1. The zero-order valence-corrected chi connectivity index (χ0v) is 23.9. The van der Waals surface area contributed by atoms with Gasteiger partial charge in [0.1, 0.15) is 11.5 Å². The topological polar surface area (TPSA) is 55.8 Å². The quantitative estimate of drug-likeness (QED) is 0.353. The van der Waals surface area contributed by atoms with Gasteiger partial charge in [0.05, 0.1) is 19.3 Å². The van der Waals surface area contributed by atoms with Gasteiger partial charge in [-0.25, -0.2) is 0 Å². The van der Waals surface area contributed by atoms with Gasteiger partial charge in [0.2, 0.25) is 5.91 Å². The van der Waals surface area contributed by atoms with E-state index in [-0.39, 0.29) is 35.4 Å². The lowest BCUT2D eigenvalue weighted by molar-refractivity contribution is -0.143. The van der Waals surface area contributed by atoms with Gasteiger partial charge in [0.15, 0.2) is 5.76 Å². The lowest BCUT2D eigenvalue weighted by Crippen LogP contribution is -2.53. The fraction of sp³-hybridized carbons (Fsp3) is 0.613. The molecule has 37 heavy (non-hydrogen) atoms. The van der Waals surface area contributed by atoms with E-state index >= 15 is 0 Å². The molecule has 0 N–H and O–H groups in total. The van der Waals surface area contributed by atoms with Crippen molar-refractivity contribution in [3.8, 4) is 0 Å². The highest BCUT2D eigenvalue weighted by molar-refractivity contribution is 6.30. The number of piperidine rings is 1. The molecule has 0 aromatic heterocycles. The number of allylic oxidation sites excluding steroid dienone is 2. The summed E-state index contributed by atoms with van der Waals surface area (Å²) in [6, 6.07) is 7.77. The van der Waals surface area contributed by atoms with Gasteiger partial charge in [-0.1, -0.05) is 44.5 Å². The molecule has 1 saturated carbocycles. The van der Waals surface area contributed by atoms with Crippen LogP contribution in [0, 0.1) is 17.3 Å². The van der Waals surface area contributed by atoms with Crippen molar-refractivity contribution in [2.75, 3.05) is 7.11 Å². The van der Waals surface area contributed by atoms with Crippen LogP contribution in [0.3, 0.4) is 0 Å². The van der Waals surface area contributed by atoms with E-state index in [2.05, 4.69) is 31.7 Å². The molecule has 4 rings (SSSR count). The van der Waals surface area contributed by atoms with Crippen LogP contribution in [-0.4, -0.2) is 35.8 Å². The normalized spacial score (nSPS) is 28.4. The number of carbonyl (C=O) groups excluding carboxylic acids is 2. The summed E-state index contributed by atoms with van der Waals surface area (Å²) in [5.74, 6) is 2.58. The second kappa shape index (κ2) is 11.2. The molecule has 1 saturated heterocycles. The minimum Gasteiger partial charge on any atom is -0.497 e. The van der Waals surface area contributed by atoms with Gasteiger partial charge in [-0.2, -0.15) is 0 Å². The van der Waals surface area contributed by atoms with Crippen molar-refractivity contribution in [2.24, 2.45) is 17.3 Å². The first-order valence-electron chi connectivity index (χ1n) is 13.8. The third-order valence-electron chi connectivity index (χ3n) is 8.16. The zero-order chi connectivity index (χ0) is 26.9. The number of carbonyl (C=O) groups is 2. The third-order valence-corrected chi connectivity index (χ3v) is 8.41. The van der Waals surface area contributed by atoms with E-state index < -0.39 is 0 Å². The van der Waals surface area contributed by atoms with Gasteiger partial charge in [-0.05, 0) is 74.8 Å². The van der Waals surface area contributed by atoms with Gasteiger partial charge in [0.25, 0.3) is 0 Å². The van der Waals surface area contributed by atoms with Crippen LogP contribution in [0.1, 0.15) is 91.2 Å². The van der Waals surface area contributed by atoms with Gasteiger partial charge < -0.3 is 14.4 Å². The summed E-state index contributed by atoms with van der Waals surface area (Å²) in [6.45, 7) is 10.4. The molecule has 0 bridgehead atoms. The van der Waals surface area contributed by atoms with Crippen molar-refractivity contribution in [3.63, 3.8) is 0 Å². The number of amides is 1. The predicted molar refractivity (Wildman–Crippen MR) is 147 cm³/mol. The molecule has 1 amide bonds. The van der Waals surface area contributed by atoms with Gasteiger partial charge in [-0.3, -0.25) is 9.59 Å². The molecular weight excluding hydrogens is 486 g/mol. The number of fused-ring (bicyclic) bond motifs is 1. The van der Waals surface area contributed by atoms with Gasteiger partial charge in [0, 0.05) is 41.7 Å². The Bertz CT molecular complexity index is 1070. The lowest BCUT2D eigenvalue weighted by atomic mass is 9.65. The Hall–Kier alpha value is -2.27. The third kappa shape index (κ3) is 5.92. The smallest absolute Gasteiger partial charge is 0.224 e. The van der Waals surface area contributed by atoms with Crippen molar-refractivity contribution in [1.29, 1.82) is 0 Å². The minimum atomic E-state index is -0.364. The molecular formula is C31H42ClNO4. The van der Waals surface area contributed by atoms with Crippen molar-refractivity contribution in [3.05, 3.63) is 58.0 Å². The van der Waals surface area contributed by atoms with Crippen molar-refractivity contribution in [1.82, 2.24) is 4.90 Å². The van der Waals surface area contributed by atoms with Crippen LogP contribution in [0.5, 0.6) is 0 Å². The number of rotatable bonds is 8. The summed E-state index contributed by atoms with van der Waals surface area (Å²) >= 11 is 6.26. The van der Waals surface area contributed by atoms with Crippen molar-refractivity contribution in [2.45, 2.75) is 97.8 Å². The van der Waals surface area contributed by atoms with Crippen LogP contribution in [0.15, 0.2) is 47.4 Å². The molecule has 1 heterocycles. The average molecular weight is 528 g/mol. The van der Waals surface area contributed by atoms with Gasteiger partial charge in [-0.15, -0.1) is 0 Å². The monoisotopic (exact) mass is 527 g/mol. The maximum atomic E-state index is 13.9. The van der Waals surface area contributed by atoms with E-state index in [1.165, 1.54) is 5.57 Å². The number of ether oxygens (including phenoxy) is 2. The van der Waals surface area contributed by atoms with Crippen LogP contribution in [-0.2, 0) is 19.1 Å².